The summed E-state index contributed by atoms with van der Waals surface area (Å²) < 4.78 is 0. The first-order valence-corrected chi connectivity index (χ1v) is 5.86. The molecule has 1 fully saturated rings. The van der Waals surface area contributed by atoms with E-state index in [1.807, 2.05) is 0 Å². The Bertz CT molecular complexity index is 154. The normalized spacial score (nSPS) is 29.1. The molecule has 0 aromatic carbocycles. The minimum Gasteiger partial charge on any atom is -0.393 e. The molecular formula is C12H25NO. The molecule has 0 aromatic heterocycles. The summed E-state index contributed by atoms with van der Waals surface area (Å²) in [4.78, 5) is 0. The van der Waals surface area contributed by atoms with Crippen molar-refractivity contribution < 1.29 is 5.11 Å². The molecule has 0 bridgehead atoms. The highest BCUT2D eigenvalue weighted by molar-refractivity contribution is 4.74. The van der Waals surface area contributed by atoms with Crippen molar-refractivity contribution >= 4 is 0 Å². The van der Waals surface area contributed by atoms with Crippen molar-refractivity contribution in [2.45, 2.75) is 52.6 Å². The highest BCUT2D eigenvalue weighted by atomic mass is 16.3. The zero-order chi connectivity index (χ0) is 10.6. The van der Waals surface area contributed by atoms with E-state index in [1.54, 1.807) is 0 Å². The molecule has 0 radical (unpaired) electrons. The van der Waals surface area contributed by atoms with Crippen LogP contribution in [0.2, 0.25) is 0 Å². The molecule has 2 N–H and O–H groups in total. The number of rotatable bonds is 3. The lowest BCUT2D eigenvalue weighted by Crippen LogP contribution is -2.33. The van der Waals surface area contributed by atoms with Gasteiger partial charge in [0.1, 0.15) is 0 Å². The van der Waals surface area contributed by atoms with Crippen LogP contribution in [0.25, 0.3) is 0 Å². The minimum atomic E-state index is -0.0196. The van der Waals surface area contributed by atoms with Gasteiger partial charge in [0.15, 0.2) is 0 Å². The van der Waals surface area contributed by atoms with Gasteiger partial charge in [-0.15, -0.1) is 0 Å². The van der Waals surface area contributed by atoms with Crippen LogP contribution in [-0.2, 0) is 0 Å². The van der Waals surface area contributed by atoms with Crippen molar-refractivity contribution in [3.8, 4) is 0 Å². The molecule has 0 unspecified atom stereocenters. The van der Waals surface area contributed by atoms with Gasteiger partial charge in [-0.05, 0) is 50.1 Å². The van der Waals surface area contributed by atoms with Crippen LogP contribution in [0, 0.1) is 11.3 Å². The molecule has 1 rings (SSSR count). The Morgan fingerprint density at radius 1 is 1.14 bits per heavy atom. The van der Waals surface area contributed by atoms with E-state index in [4.69, 9.17) is 0 Å². The van der Waals surface area contributed by atoms with Crippen LogP contribution in [0.1, 0.15) is 46.5 Å². The highest BCUT2D eigenvalue weighted by Crippen LogP contribution is 2.23. The van der Waals surface area contributed by atoms with Gasteiger partial charge in [-0.3, -0.25) is 0 Å². The molecule has 0 amide bonds. The number of hydrogen-bond donors (Lipinski definition) is 2. The third-order valence-corrected chi connectivity index (χ3v) is 2.90. The van der Waals surface area contributed by atoms with E-state index >= 15 is 0 Å². The van der Waals surface area contributed by atoms with E-state index in [1.165, 1.54) is 12.8 Å². The van der Waals surface area contributed by atoms with E-state index in [0.29, 0.717) is 5.41 Å². The molecule has 0 aliphatic heterocycles. The average molecular weight is 199 g/mol. The standard InChI is InChI=1S/C12H25NO/c1-12(2,3)9-13-8-10-4-6-11(14)7-5-10/h10-11,13-14H,4-9H2,1-3H3. The zero-order valence-corrected chi connectivity index (χ0v) is 9.84. The summed E-state index contributed by atoms with van der Waals surface area (Å²) in [6, 6.07) is 0. The predicted octanol–water partition coefficient (Wildman–Crippen LogP) is 2.17. The van der Waals surface area contributed by atoms with Crippen molar-refractivity contribution in [2.24, 2.45) is 11.3 Å². The molecule has 84 valence electrons. The molecule has 14 heavy (non-hydrogen) atoms. The fourth-order valence-electron chi connectivity index (χ4n) is 2.00. The summed E-state index contributed by atoms with van der Waals surface area (Å²) in [6.45, 7) is 8.98. The van der Waals surface area contributed by atoms with Crippen LogP contribution in [0.5, 0.6) is 0 Å². The smallest absolute Gasteiger partial charge is 0.0540 e. The second-order valence-corrected chi connectivity index (χ2v) is 5.87. The number of aliphatic hydroxyl groups is 1. The van der Waals surface area contributed by atoms with Gasteiger partial charge in [0, 0.05) is 0 Å². The van der Waals surface area contributed by atoms with Gasteiger partial charge in [0.2, 0.25) is 0 Å². The summed E-state index contributed by atoms with van der Waals surface area (Å²) in [5, 5.41) is 12.9. The third-order valence-electron chi connectivity index (χ3n) is 2.90. The molecule has 1 aliphatic carbocycles. The van der Waals surface area contributed by atoms with Gasteiger partial charge >= 0.3 is 0 Å². The number of aliphatic hydroxyl groups excluding tert-OH is 1. The Balaban J connectivity index is 2.08. The van der Waals surface area contributed by atoms with E-state index in [9.17, 15) is 5.11 Å². The molecule has 0 spiro atoms. The van der Waals surface area contributed by atoms with Crippen LogP contribution >= 0.6 is 0 Å². The SMILES string of the molecule is CC(C)(C)CNCC1CCC(O)CC1. The number of nitrogens with one attached hydrogen (secondary N) is 1. The lowest BCUT2D eigenvalue weighted by molar-refractivity contribution is 0.107. The maximum absolute atomic E-state index is 9.36. The molecule has 0 aromatic rings. The molecule has 1 aliphatic rings. The molecule has 0 saturated heterocycles. The lowest BCUT2D eigenvalue weighted by Gasteiger charge is -2.27. The first-order valence-electron chi connectivity index (χ1n) is 5.86. The van der Waals surface area contributed by atoms with Crippen molar-refractivity contribution in [3.63, 3.8) is 0 Å². The monoisotopic (exact) mass is 199 g/mol. The van der Waals surface area contributed by atoms with Crippen molar-refractivity contribution in [2.75, 3.05) is 13.1 Å². The largest absolute Gasteiger partial charge is 0.393 e. The topological polar surface area (TPSA) is 32.3 Å². The summed E-state index contributed by atoms with van der Waals surface area (Å²) in [5.41, 5.74) is 0.383. The van der Waals surface area contributed by atoms with Gasteiger partial charge in [0.25, 0.3) is 0 Å². The summed E-state index contributed by atoms with van der Waals surface area (Å²) in [5.74, 6) is 0.792. The second-order valence-electron chi connectivity index (χ2n) is 5.87. The zero-order valence-electron chi connectivity index (χ0n) is 9.84. The molecular weight excluding hydrogens is 174 g/mol. The van der Waals surface area contributed by atoms with Gasteiger partial charge in [-0.1, -0.05) is 20.8 Å². The maximum atomic E-state index is 9.36. The Morgan fingerprint density at radius 3 is 2.21 bits per heavy atom. The predicted molar refractivity (Wildman–Crippen MR) is 60.3 cm³/mol. The third kappa shape index (κ3) is 4.97. The van der Waals surface area contributed by atoms with Crippen LogP contribution < -0.4 is 5.32 Å². The van der Waals surface area contributed by atoms with Gasteiger partial charge in [-0.25, -0.2) is 0 Å². The fourth-order valence-corrected chi connectivity index (χ4v) is 2.00. The second kappa shape index (κ2) is 5.13. The van der Waals surface area contributed by atoms with Gasteiger partial charge in [0.05, 0.1) is 6.10 Å². The average Bonchev–Trinajstić information content (AvgIpc) is 2.06. The number of hydrogen-bond acceptors (Lipinski definition) is 2. The molecule has 0 heterocycles. The van der Waals surface area contributed by atoms with E-state index in [-0.39, 0.29) is 6.10 Å². The first-order chi connectivity index (χ1) is 6.47. The summed E-state index contributed by atoms with van der Waals surface area (Å²) >= 11 is 0. The molecule has 2 heteroatoms. The van der Waals surface area contributed by atoms with Crippen LogP contribution in [0.15, 0.2) is 0 Å². The Kier molecular flexibility index (Phi) is 4.39. The summed E-state index contributed by atoms with van der Waals surface area (Å²) in [6.07, 6.45) is 4.37. The maximum Gasteiger partial charge on any atom is 0.0540 e. The molecule has 0 atom stereocenters. The lowest BCUT2D eigenvalue weighted by atomic mass is 9.87. The minimum absolute atomic E-state index is 0.0196. The van der Waals surface area contributed by atoms with E-state index in [0.717, 1.165) is 31.8 Å². The Morgan fingerprint density at radius 2 is 1.71 bits per heavy atom. The van der Waals surface area contributed by atoms with Crippen LogP contribution in [0.3, 0.4) is 0 Å². The highest BCUT2D eigenvalue weighted by Gasteiger charge is 2.19. The first kappa shape index (κ1) is 12.0. The Labute approximate surface area is 88.1 Å². The Hall–Kier alpha value is -0.0800. The van der Waals surface area contributed by atoms with E-state index < -0.39 is 0 Å². The van der Waals surface area contributed by atoms with Crippen molar-refractivity contribution in [3.05, 3.63) is 0 Å². The fraction of sp³-hybridized carbons (Fsp3) is 1.00. The van der Waals surface area contributed by atoms with Crippen molar-refractivity contribution in [1.29, 1.82) is 0 Å². The summed E-state index contributed by atoms with van der Waals surface area (Å²) in [7, 11) is 0. The van der Waals surface area contributed by atoms with Gasteiger partial charge < -0.3 is 10.4 Å². The van der Waals surface area contributed by atoms with E-state index in [2.05, 4.69) is 26.1 Å². The van der Waals surface area contributed by atoms with Gasteiger partial charge in [-0.2, -0.15) is 0 Å². The van der Waals surface area contributed by atoms with Crippen molar-refractivity contribution in [1.82, 2.24) is 5.32 Å². The quantitative estimate of drug-likeness (QED) is 0.730. The van der Waals surface area contributed by atoms with Crippen LogP contribution in [0.4, 0.5) is 0 Å². The molecule has 1 saturated carbocycles. The molecule has 2 nitrogen and oxygen atoms in total. The van der Waals surface area contributed by atoms with Crippen LogP contribution in [-0.4, -0.2) is 24.3 Å².